The van der Waals surface area contributed by atoms with Gasteiger partial charge in [0.2, 0.25) is 0 Å². The van der Waals surface area contributed by atoms with E-state index in [-0.39, 0.29) is 0 Å². The van der Waals surface area contributed by atoms with Crippen LogP contribution in [0.2, 0.25) is 0 Å². The third-order valence-electron chi connectivity index (χ3n) is 2.08. The average Bonchev–Trinajstić information content (AvgIpc) is 1.86. The summed E-state index contributed by atoms with van der Waals surface area (Å²) in [7, 11) is 0. The Morgan fingerprint density at radius 1 is 1.45 bits per heavy atom. The van der Waals surface area contributed by atoms with Gasteiger partial charge in [0.1, 0.15) is 5.78 Å². The maximum Gasteiger partial charge on any atom is 0.134 e. The Morgan fingerprint density at radius 3 is 2.45 bits per heavy atom. The number of carbonyl (C=O) groups excluding carboxylic acids is 1. The lowest BCUT2D eigenvalue weighted by molar-refractivity contribution is -0.119. The minimum atomic E-state index is 0.292. The van der Waals surface area contributed by atoms with Gasteiger partial charge in [0, 0.05) is 23.8 Å². The van der Waals surface area contributed by atoms with Crippen LogP contribution in [0.25, 0.3) is 0 Å². The maximum absolute atomic E-state index is 11.1. The molecule has 1 aliphatic rings. The summed E-state index contributed by atoms with van der Waals surface area (Å²) in [4.78, 5) is 11.1. The van der Waals surface area contributed by atoms with E-state index in [0.717, 1.165) is 18.6 Å². The zero-order chi connectivity index (χ0) is 8.48. The topological polar surface area (TPSA) is 17.1 Å². The number of hydrogen-bond acceptors (Lipinski definition) is 2. The first kappa shape index (κ1) is 9.11. The Kier molecular flexibility index (Phi) is 2.63. The lowest BCUT2D eigenvalue weighted by Gasteiger charge is -2.32. The molecule has 64 valence electrons. The van der Waals surface area contributed by atoms with Gasteiger partial charge in [0.05, 0.1) is 0 Å². The van der Waals surface area contributed by atoms with E-state index >= 15 is 0 Å². The molecule has 0 amide bonds. The highest BCUT2D eigenvalue weighted by molar-refractivity contribution is 8.00. The van der Waals surface area contributed by atoms with Crippen LogP contribution in [0.5, 0.6) is 0 Å². The fraction of sp³-hybridized carbons (Fsp3) is 0.889. The van der Waals surface area contributed by atoms with Crippen LogP contribution >= 0.6 is 11.8 Å². The number of Topliss-reactive ketones (excluding diaryl/α,β-unsaturated/α-hetero) is 1. The molecule has 0 saturated carbocycles. The highest BCUT2D eigenvalue weighted by Gasteiger charge is 2.29. The molecule has 0 radical (unpaired) electrons. The molecule has 0 spiro atoms. The molecule has 0 aromatic carbocycles. The summed E-state index contributed by atoms with van der Waals surface area (Å²) in [6.07, 6.45) is 1.57. The van der Waals surface area contributed by atoms with Crippen molar-refractivity contribution in [3.63, 3.8) is 0 Å². The van der Waals surface area contributed by atoms with Crippen molar-refractivity contribution in [3.05, 3.63) is 0 Å². The highest BCUT2D eigenvalue weighted by Crippen LogP contribution is 2.36. The maximum atomic E-state index is 11.1. The molecule has 0 aromatic rings. The first-order valence-electron chi connectivity index (χ1n) is 4.13. The van der Waals surface area contributed by atoms with Gasteiger partial charge in [0.15, 0.2) is 0 Å². The number of hydrogen-bond donors (Lipinski definition) is 0. The van der Waals surface area contributed by atoms with Crippen LogP contribution in [0.15, 0.2) is 0 Å². The SMILES string of the molecule is CC(C)(C)C1CC(=O)CCS1. The molecule has 1 nitrogen and oxygen atoms in total. The zero-order valence-corrected chi connectivity index (χ0v) is 8.33. The standard InChI is InChI=1S/C9H16OS/c1-9(2,3)8-6-7(10)4-5-11-8/h8H,4-6H2,1-3H3. The summed E-state index contributed by atoms with van der Waals surface area (Å²) in [5, 5.41) is 0.545. The van der Waals surface area contributed by atoms with Gasteiger partial charge in [-0.1, -0.05) is 20.8 Å². The van der Waals surface area contributed by atoms with Crippen molar-refractivity contribution in [2.45, 2.75) is 38.9 Å². The molecular formula is C9H16OS. The summed E-state index contributed by atoms with van der Waals surface area (Å²) in [6.45, 7) is 6.63. The summed E-state index contributed by atoms with van der Waals surface area (Å²) >= 11 is 1.95. The lowest BCUT2D eigenvalue weighted by Crippen LogP contribution is -2.29. The largest absolute Gasteiger partial charge is 0.300 e. The molecule has 0 aromatic heterocycles. The Balaban J connectivity index is 2.53. The van der Waals surface area contributed by atoms with Crippen molar-refractivity contribution in [3.8, 4) is 0 Å². The second-order valence-electron chi connectivity index (χ2n) is 4.22. The molecule has 1 heterocycles. The summed E-state index contributed by atoms with van der Waals surface area (Å²) in [5.74, 6) is 1.48. The molecule has 1 rings (SSSR count). The zero-order valence-electron chi connectivity index (χ0n) is 7.52. The molecule has 1 aliphatic heterocycles. The van der Waals surface area contributed by atoms with E-state index in [1.807, 2.05) is 11.8 Å². The molecule has 1 saturated heterocycles. The number of rotatable bonds is 0. The minimum absolute atomic E-state index is 0.292. The average molecular weight is 172 g/mol. The molecular weight excluding hydrogens is 156 g/mol. The summed E-state index contributed by atoms with van der Waals surface area (Å²) in [6, 6.07) is 0. The van der Waals surface area contributed by atoms with Crippen molar-refractivity contribution in [1.82, 2.24) is 0 Å². The molecule has 0 bridgehead atoms. The second kappa shape index (κ2) is 3.18. The molecule has 1 atom stereocenters. The molecule has 2 heteroatoms. The number of thioether (sulfide) groups is 1. The Labute approximate surface area is 72.9 Å². The molecule has 1 unspecified atom stereocenters. The first-order chi connectivity index (χ1) is 5.00. The van der Waals surface area contributed by atoms with Crippen molar-refractivity contribution in [2.24, 2.45) is 5.41 Å². The van der Waals surface area contributed by atoms with E-state index in [9.17, 15) is 4.79 Å². The van der Waals surface area contributed by atoms with E-state index in [0.29, 0.717) is 16.4 Å². The van der Waals surface area contributed by atoms with Crippen LogP contribution in [0.3, 0.4) is 0 Å². The molecule has 1 fully saturated rings. The molecule has 11 heavy (non-hydrogen) atoms. The first-order valence-corrected chi connectivity index (χ1v) is 5.18. The van der Waals surface area contributed by atoms with Gasteiger partial charge in [-0.3, -0.25) is 4.79 Å². The van der Waals surface area contributed by atoms with Gasteiger partial charge in [-0.25, -0.2) is 0 Å². The van der Waals surface area contributed by atoms with Crippen LogP contribution in [0.4, 0.5) is 0 Å². The predicted octanol–water partition coefficient (Wildman–Crippen LogP) is 2.50. The van der Waals surface area contributed by atoms with Gasteiger partial charge in [0.25, 0.3) is 0 Å². The van der Waals surface area contributed by atoms with Gasteiger partial charge < -0.3 is 0 Å². The van der Waals surface area contributed by atoms with Crippen molar-refractivity contribution in [1.29, 1.82) is 0 Å². The summed E-state index contributed by atoms with van der Waals surface area (Å²) < 4.78 is 0. The van der Waals surface area contributed by atoms with Gasteiger partial charge >= 0.3 is 0 Å². The van der Waals surface area contributed by atoms with Crippen molar-refractivity contribution in [2.75, 3.05) is 5.75 Å². The van der Waals surface area contributed by atoms with E-state index < -0.39 is 0 Å². The fourth-order valence-corrected chi connectivity index (χ4v) is 2.67. The van der Waals surface area contributed by atoms with E-state index in [1.165, 1.54) is 0 Å². The molecule has 0 aliphatic carbocycles. The smallest absolute Gasteiger partial charge is 0.134 e. The number of ketones is 1. The third kappa shape index (κ3) is 2.51. The second-order valence-corrected chi connectivity index (χ2v) is 5.53. The minimum Gasteiger partial charge on any atom is -0.300 e. The fourth-order valence-electron chi connectivity index (χ4n) is 1.24. The predicted molar refractivity (Wildman–Crippen MR) is 49.9 cm³/mol. The van der Waals surface area contributed by atoms with Crippen LogP contribution < -0.4 is 0 Å². The van der Waals surface area contributed by atoms with Crippen LogP contribution in [0, 0.1) is 5.41 Å². The molecule has 0 N–H and O–H groups in total. The Bertz CT molecular complexity index is 157. The van der Waals surface area contributed by atoms with Crippen molar-refractivity contribution < 1.29 is 4.79 Å². The van der Waals surface area contributed by atoms with Crippen molar-refractivity contribution >= 4 is 17.5 Å². The summed E-state index contributed by atoms with van der Waals surface area (Å²) in [5.41, 5.74) is 0.292. The monoisotopic (exact) mass is 172 g/mol. The van der Waals surface area contributed by atoms with Crippen LogP contribution in [0.1, 0.15) is 33.6 Å². The number of carbonyl (C=O) groups is 1. The Morgan fingerprint density at radius 2 is 2.09 bits per heavy atom. The van der Waals surface area contributed by atoms with Crippen LogP contribution in [-0.4, -0.2) is 16.8 Å². The normalized spacial score (nSPS) is 27.2. The van der Waals surface area contributed by atoms with E-state index in [2.05, 4.69) is 20.8 Å². The van der Waals surface area contributed by atoms with Crippen LogP contribution in [-0.2, 0) is 4.79 Å². The van der Waals surface area contributed by atoms with Gasteiger partial charge in [-0.2, -0.15) is 11.8 Å². The lowest BCUT2D eigenvalue weighted by atomic mass is 9.88. The third-order valence-corrected chi connectivity index (χ3v) is 3.79. The van der Waals surface area contributed by atoms with E-state index in [4.69, 9.17) is 0 Å². The highest BCUT2D eigenvalue weighted by atomic mass is 32.2. The van der Waals surface area contributed by atoms with E-state index in [1.54, 1.807) is 0 Å². The quantitative estimate of drug-likeness (QED) is 0.558. The van der Waals surface area contributed by atoms with Gasteiger partial charge in [-0.05, 0) is 5.41 Å². The Hall–Kier alpha value is 0.0200. The van der Waals surface area contributed by atoms with Gasteiger partial charge in [-0.15, -0.1) is 0 Å².